The fourth-order valence-corrected chi connectivity index (χ4v) is 4.87. The van der Waals surface area contributed by atoms with E-state index in [1.54, 1.807) is 13.0 Å². The van der Waals surface area contributed by atoms with Crippen molar-refractivity contribution in [3.63, 3.8) is 0 Å². The van der Waals surface area contributed by atoms with Crippen LogP contribution in [0.25, 0.3) is 0 Å². The standard InChI is InChI=1S/C19H24N2O3S/c1-13-10-14(2)19(18(11-13)24-3)25(22,23)21-12-17-16-7-5-4-6-15(16)8-9-20-17/h4-7,10-11,17,20-21H,8-9,12H2,1-3H3. The number of hydrogen-bond donors (Lipinski definition) is 2. The van der Waals surface area contributed by atoms with E-state index in [1.165, 1.54) is 12.7 Å². The summed E-state index contributed by atoms with van der Waals surface area (Å²) in [5.41, 5.74) is 4.08. The molecule has 1 unspecified atom stereocenters. The first kappa shape index (κ1) is 17.9. The molecule has 5 nitrogen and oxygen atoms in total. The fourth-order valence-electron chi connectivity index (χ4n) is 3.45. The predicted octanol–water partition coefficient (Wildman–Crippen LogP) is 2.48. The third-order valence-corrected chi connectivity index (χ3v) is 6.17. The molecule has 0 saturated carbocycles. The van der Waals surface area contributed by atoms with Gasteiger partial charge in [-0.05, 0) is 55.1 Å². The van der Waals surface area contributed by atoms with Gasteiger partial charge in [0.2, 0.25) is 10.0 Å². The van der Waals surface area contributed by atoms with E-state index in [0.29, 0.717) is 17.9 Å². The summed E-state index contributed by atoms with van der Waals surface area (Å²) in [5, 5.41) is 3.39. The Bertz CT molecular complexity index is 878. The number of ether oxygens (including phenoxy) is 1. The molecular formula is C19H24N2O3S. The highest BCUT2D eigenvalue weighted by Crippen LogP contribution is 2.29. The molecule has 0 spiro atoms. The zero-order chi connectivity index (χ0) is 18.0. The average molecular weight is 360 g/mol. The summed E-state index contributed by atoms with van der Waals surface area (Å²) in [4.78, 5) is 0.213. The highest BCUT2D eigenvalue weighted by atomic mass is 32.2. The van der Waals surface area contributed by atoms with Crippen molar-refractivity contribution in [3.8, 4) is 5.75 Å². The van der Waals surface area contributed by atoms with E-state index in [4.69, 9.17) is 4.74 Å². The van der Waals surface area contributed by atoms with Gasteiger partial charge in [0, 0.05) is 12.6 Å². The molecule has 2 aromatic carbocycles. The molecule has 0 fully saturated rings. The summed E-state index contributed by atoms with van der Waals surface area (Å²) in [6.07, 6.45) is 0.963. The number of aryl methyl sites for hydroxylation is 2. The van der Waals surface area contributed by atoms with Crippen molar-refractivity contribution in [1.82, 2.24) is 10.0 Å². The van der Waals surface area contributed by atoms with Crippen LogP contribution in [0.3, 0.4) is 0 Å². The molecule has 2 aromatic rings. The summed E-state index contributed by atoms with van der Waals surface area (Å²) < 4.78 is 33.8. The first-order valence-corrected chi connectivity index (χ1v) is 9.87. The number of hydrogen-bond acceptors (Lipinski definition) is 4. The summed E-state index contributed by atoms with van der Waals surface area (Å²) in [6.45, 7) is 4.85. The minimum atomic E-state index is -3.67. The Balaban J connectivity index is 1.85. The molecule has 25 heavy (non-hydrogen) atoms. The van der Waals surface area contributed by atoms with Crippen LogP contribution in [0.4, 0.5) is 0 Å². The van der Waals surface area contributed by atoms with Crippen molar-refractivity contribution in [2.45, 2.75) is 31.2 Å². The molecule has 0 amide bonds. The van der Waals surface area contributed by atoms with E-state index in [-0.39, 0.29) is 10.9 Å². The van der Waals surface area contributed by atoms with E-state index in [9.17, 15) is 8.42 Å². The summed E-state index contributed by atoms with van der Waals surface area (Å²) in [7, 11) is -2.18. The Morgan fingerprint density at radius 1 is 1.24 bits per heavy atom. The average Bonchev–Trinajstić information content (AvgIpc) is 2.58. The molecule has 1 aliphatic heterocycles. The van der Waals surface area contributed by atoms with Crippen molar-refractivity contribution in [2.24, 2.45) is 0 Å². The zero-order valence-electron chi connectivity index (χ0n) is 14.8. The van der Waals surface area contributed by atoms with Crippen molar-refractivity contribution >= 4 is 10.0 Å². The highest BCUT2D eigenvalue weighted by Gasteiger charge is 2.25. The smallest absolute Gasteiger partial charge is 0.244 e. The second-order valence-electron chi connectivity index (χ2n) is 6.42. The Labute approximate surface area is 149 Å². The molecule has 1 heterocycles. The molecule has 2 N–H and O–H groups in total. The van der Waals surface area contributed by atoms with Gasteiger partial charge in [0.25, 0.3) is 0 Å². The molecule has 0 bridgehead atoms. The molecule has 0 radical (unpaired) electrons. The molecule has 1 atom stereocenters. The van der Waals surface area contributed by atoms with Crippen LogP contribution in [0, 0.1) is 13.8 Å². The zero-order valence-corrected chi connectivity index (χ0v) is 15.6. The number of rotatable bonds is 5. The quantitative estimate of drug-likeness (QED) is 0.860. The number of nitrogens with one attached hydrogen (secondary N) is 2. The van der Waals surface area contributed by atoms with E-state index in [2.05, 4.69) is 22.2 Å². The highest BCUT2D eigenvalue weighted by molar-refractivity contribution is 7.89. The van der Waals surface area contributed by atoms with Crippen LogP contribution in [0.1, 0.15) is 28.3 Å². The second kappa shape index (κ2) is 7.15. The number of fused-ring (bicyclic) bond motifs is 1. The predicted molar refractivity (Wildman–Crippen MR) is 98.5 cm³/mol. The Morgan fingerprint density at radius 2 is 2.00 bits per heavy atom. The maximum absolute atomic E-state index is 12.9. The lowest BCUT2D eigenvalue weighted by molar-refractivity contribution is 0.401. The van der Waals surface area contributed by atoms with Gasteiger partial charge in [-0.2, -0.15) is 0 Å². The first-order chi connectivity index (χ1) is 11.9. The monoisotopic (exact) mass is 360 g/mol. The summed E-state index contributed by atoms with van der Waals surface area (Å²) >= 11 is 0. The van der Waals surface area contributed by atoms with Gasteiger partial charge in [-0.1, -0.05) is 30.3 Å². The van der Waals surface area contributed by atoms with Gasteiger partial charge < -0.3 is 10.1 Å². The van der Waals surface area contributed by atoms with E-state index in [1.807, 2.05) is 25.1 Å². The lowest BCUT2D eigenvalue weighted by Gasteiger charge is -2.27. The Kier molecular flexibility index (Phi) is 5.13. The maximum Gasteiger partial charge on any atom is 0.244 e. The van der Waals surface area contributed by atoms with Crippen LogP contribution in [0.15, 0.2) is 41.3 Å². The van der Waals surface area contributed by atoms with E-state index >= 15 is 0 Å². The number of sulfonamides is 1. The normalized spacial score (nSPS) is 17.2. The fraction of sp³-hybridized carbons (Fsp3) is 0.368. The molecule has 0 aliphatic carbocycles. The lowest BCUT2D eigenvalue weighted by Crippen LogP contribution is -2.39. The van der Waals surface area contributed by atoms with Crippen LogP contribution in [0.2, 0.25) is 0 Å². The van der Waals surface area contributed by atoms with Crippen molar-refractivity contribution < 1.29 is 13.2 Å². The third kappa shape index (κ3) is 3.71. The van der Waals surface area contributed by atoms with Crippen LogP contribution in [-0.4, -0.2) is 28.6 Å². The second-order valence-corrected chi connectivity index (χ2v) is 8.12. The van der Waals surface area contributed by atoms with Gasteiger partial charge in [-0.25, -0.2) is 13.1 Å². The summed E-state index contributed by atoms with van der Waals surface area (Å²) in [5.74, 6) is 0.377. The van der Waals surface area contributed by atoms with Crippen molar-refractivity contribution in [3.05, 3.63) is 58.7 Å². The molecule has 0 saturated heterocycles. The minimum absolute atomic E-state index is 0.0310. The Hall–Kier alpha value is -1.89. The van der Waals surface area contributed by atoms with Crippen LogP contribution in [0.5, 0.6) is 5.75 Å². The largest absolute Gasteiger partial charge is 0.495 e. The SMILES string of the molecule is COc1cc(C)cc(C)c1S(=O)(=O)NCC1NCCc2ccccc21. The van der Waals surface area contributed by atoms with Gasteiger partial charge in [-0.15, -0.1) is 0 Å². The third-order valence-electron chi connectivity index (χ3n) is 4.57. The van der Waals surface area contributed by atoms with E-state index in [0.717, 1.165) is 24.1 Å². The van der Waals surface area contributed by atoms with Gasteiger partial charge in [0.15, 0.2) is 0 Å². The summed E-state index contributed by atoms with van der Waals surface area (Å²) in [6, 6.07) is 11.7. The molecular weight excluding hydrogens is 336 g/mol. The van der Waals surface area contributed by atoms with Gasteiger partial charge in [-0.3, -0.25) is 0 Å². The van der Waals surface area contributed by atoms with E-state index < -0.39 is 10.0 Å². The number of benzene rings is 2. The van der Waals surface area contributed by atoms with Gasteiger partial charge in [0.05, 0.1) is 7.11 Å². The maximum atomic E-state index is 12.9. The number of methoxy groups -OCH3 is 1. The Morgan fingerprint density at radius 3 is 2.76 bits per heavy atom. The molecule has 3 rings (SSSR count). The van der Waals surface area contributed by atoms with Crippen molar-refractivity contribution in [1.29, 1.82) is 0 Å². The van der Waals surface area contributed by atoms with Crippen LogP contribution in [-0.2, 0) is 16.4 Å². The van der Waals surface area contributed by atoms with Crippen LogP contribution >= 0.6 is 0 Å². The topological polar surface area (TPSA) is 67.4 Å². The minimum Gasteiger partial charge on any atom is -0.495 e. The first-order valence-electron chi connectivity index (χ1n) is 8.38. The molecule has 0 aromatic heterocycles. The van der Waals surface area contributed by atoms with Crippen LogP contribution < -0.4 is 14.8 Å². The molecule has 134 valence electrons. The molecule has 1 aliphatic rings. The van der Waals surface area contributed by atoms with Gasteiger partial charge >= 0.3 is 0 Å². The van der Waals surface area contributed by atoms with Gasteiger partial charge in [0.1, 0.15) is 10.6 Å². The lowest BCUT2D eigenvalue weighted by atomic mass is 9.95. The molecule has 6 heteroatoms. The van der Waals surface area contributed by atoms with Crippen molar-refractivity contribution in [2.75, 3.05) is 20.2 Å².